The summed E-state index contributed by atoms with van der Waals surface area (Å²) in [7, 11) is 0. The Balaban J connectivity index is 1.66. The molecule has 0 bridgehead atoms. The number of hydrogen-bond donors (Lipinski definition) is 0. The molecule has 25 heavy (non-hydrogen) atoms. The molecule has 4 aromatic rings. The third-order valence-electron chi connectivity index (χ3n) is 3.70. The van der Waals surface area contributed by atoms with Crippen LogP contribution in [0, 0.1) is 0 Å². The molecule has 0 atom stereocenters. The summed E-state index contributed by atoms with van der Waals surface area (Å²) in [6.45, 7) is 2.60. The average molecular weight is 348 g/mol. The lowest BCUT2D eigenvalue weighted by atomic mass is 10.2. The number of hydrogen-bond acceptors (Lipinski definition) is 5. The van der Waals surface area contributed by atoms with Gasteiger partial charge >= 0.3 is 0 Å². The van der Waals surface area contributed by atoms with Crippen LogP contribution in [0.1, 0.15) is 6.92 Å². The molecule has 5 heteroatoms. The topological polar surface area (TPSA) is 44.2 Å². The van der Waals surface area contributed by atoms with Crippen molar-refractivity contribution in [3.63, 3.8) is 0 Å². The molecule has 2 heterocycles. The molecular formula is C20H16N2O2S. The molecule has 2 aromatic heterocycles. The van der Waals surface area contributed by atoms with E-state index in [4.69, 9.17) is 9.47 Å². The molecule has 4 rings (SSSR count). The highest BCUT2D eigenvalue weighted by Crippen LogP contribution is 2.37. The SMILES string of the molecule is CCOc1ccc(Oc2ncnc3sc(-c4ccccc4)cc23)cc1. The lowest BCUT2D eigenvalue weighted by molar-refractivity contribution is 0.339. The molecule has 0 aliphatic carbocycles. The maximum atomic E-state index is 5.97. The monoisotopic (exact) mass is 348 g/mol. The normalized spacial score (nSPS) is 10.8. The van der Waals surface area contributed by atoms with Crippen LogP contribution in [-0.4, -0.2) is 16.6 Å². The second-order valence-corrected chi connectivity index (χ2v) is 6.41. The van der Waals surface area contributed by atoms with Gasteiger partial charge in [0.2, 0.25) is 5.88 Å². The zero-order chi connectivity index (χ0) is 17.1. The van der Waals surface area contributed by atoms with Crippen LogP contribution in [0.5, 0.6) is 17.4 Å². The van der Waals surface area contributed by atoms with Gasteiger partial charge in [-0.2, -0.15) is 0 Å². The van der Waals surface area contributed by atoms with E-state index in [2.05, 4.69) is 28.2 Å². The van der Waals surface area contributed by atoms with E-state index in [1.54, 1.807) is 11.3 Å². The van der Waals surface area contributed by atoms with Crippen molar-refractivity contribution in [1.29, 1.82) is 0 Å². The van der Waals surface area contributed by atoms with Gasteiger partial charge in [0.1, 0.15) is 22.7 Å². The van der Waals surface area contributed by atoms with Crippen LogP contribution in [0.3, 0.4) is 0 Å². The maximum Gasteiger partial charge on any atom is 0.231 e. The van der Waals surface area contributed by atoms with Crippen LogP contribution >= 0.6 is 11.3 Å². The molecule has 0 aliphatic rings. The highest BCUT2D eigenvalue weighted by Gasteiger charge is 2.12. The molecule has 0 fully saturated rings. The van der Waals surface area contributed by atoms with Gasteiger partial charge in [-0.25, -0.2) is 9.97 Å². The number of nitrogens with zero attached hydrogens (tertiary/aromatic N) is 2. The highest BCUT2D eigenvalue weighted by atomic mass is 32.1. The van der Waals surface area contributed by atoms with Gasteiger partial charge in [0.05, 0.1) is 12.0 Å². The summed E-state index contributed by atoms with van der Waals surface area (Å²) in [4.78, 5) is 10.7. The molecule has 0 aliphatic heterocycles. The second-order valence-electron chi connectivity index (χ2n) is 5.38. The van der Waals surface area contributed by atoms with E-state index in [1.807, 2.05) is 49.4 Å². The summed E-state index contributed by atoms with van der Waals surface area (Å²) in [6.07, 6.45) is 1.54. The molecule has 0 radical (unpaired) electrons. The fraction of sp³-hybridized carbons (Fsp3) is 0.100. The van der Waals surface area contributed by atoms with Gasteiger partial charge in [0, 0.05) is 4.88 Å². The van der Waals surface area contributed by atoms with Gasteiger partial charge in [0.25, 0.3) is 0 Å². The van der Waals surface area contributed by atoms with E-state index >= 15 is 0 Å². The molecule has 0 spiro atoms. The largest absolute Gasteiger partial charge is 0.494 e. The van der Waals surface area contributed by atoms with Crippen LogP contribution in [0.2, 0.25) is 0 Å². The second kappa shape index (κ2) is 6.91. The smallest absolute Gasteiger partial charge is 0.231 e. The molecule has 124 valence electrons. The number of fused-ring (bicyclic) bond motifs is 1. The summed E-state index contributed by atoms with van der Waals surface area (Å²) in [6, 6.07) is 19.9. The number of benzene rings is 2. The Labute approximate surface area is 149 Å². The third-order valence-corrected chi connectivity index (χ3v) is 4.79. The van der Waals surface area contributed by atoms with E-state index in [0.717, 1.165) is 32.2 Å². The van der Waals surface area contributed by atoms with Gasteiger partial charge in [-0.1, -0.05) is 30.3 Å². The van der Waals surface area contributed by atoms with Gasteiger partial charge < -0.3 is 9.47 Å². The minimum absolute atomic E-state index is 0.563. The maximum absolute atomic E-state index is 5.97. The average Bonchev–Trinajstić information content (AvgIpc) is 3.10. The third kappa shape index (κ3) is 3.32. The molecule has 0 saturated carbocycles. The predicted octanol–water partition coefficient (Wildman–Crippen LogP) is 5.55. The van der Waals surface area contributed by atoms with Gasteiger partial charge in [-0.15, -0.1) is 11.3 Å². The van der Waals surface area contributed by atoms with Crippen molar-refractivity contribution >= 4 is 21.6 Å². The molecule has 2 aromatic carbocycles. The first-order valence-corrected chi connectivity index (χ1v) is 8.86. The van der Waals surface area contributed by atoms with E-state index < -0.39 is 0 Å². The standard InChI is InChI=1S/C20H16N2O2S/c1-2-23-15-8-10-16(11-9-15)24-19-17-12-18(14-6-4-3-5-7-14)25-20(17)22-13-21-19/h3-13H,2H2,1H3. The summed E-state index contributed by atoms with van der Waals surface area (Å²) < 4.78 is 11.4. The minimum Gasteiger partial charge on any atom is -0.494 e. The number of aromatic nitrogens is 2. The van der Waals surface area contributed by atoms with E-state index in [-0.39, 0.29) is 0 Å². The van der Waals surface area contributed by atoms with Crippen LogP contribution in [0.15, 0.2) is 67.0 Å². The van der Waals surface area contributed by atoms with Gasteiger partial charge in [-0.05, 0) is 42.8 Å². The molecule has 0 N–H and O–H groups in total. The van der Waals surface area contributed by atoms with E-state index in [1.165, 1.54) is 6.33 Å². The zero-order valence-corrected chi connectivity index (χ0v) is 14.5. The summed E-state index contributed by atoms with van der Waals surface area (Å²) in [5.74, 6) is 2.10. The van der Waals surface area contributed by atoms with E-state index in [0.29, 0.717) is 12.5 Å². The highest BCUT2D eigenvalue weighted by molar-refractivity contribution is 7.21. The van der Waals surface area contributed by atoms with Crippen molar-refractivity contribution in [2.45, 2.75) is 6.92 Å². The van der Waals surface area contributed by atoms with Crippen LogP contribution in [0.4, 0.5) is 0 Å². The van der Waals surface area contributed by atoms with Crippen molar-refractivity contribution in [3.05, 3.63) is 67.0 Å². The van der Waals surface area contributed by atoms with Crippen molar-refractivity contribution in [1.82, 2.24) is 9.97 Å². The first-order valence-electron chi connectivity index (χ1n) is 8.04. The first-order chi connectivity index (χ1) is 12.3. The Kier molecular flexibility index (Phi) is 4.31. The summed E-state index contributed by atoms with van der Waals surface area (Å²) in [5.41, 5.74) is 1.16. The Hall–Kier alpha value is -2.92. The zero-order valence-electron chi connectivity index (χ0n) is 13.7. The Morgan fingerprint density at radius 2 is 1.68 bits per heavy atom. The molecule has 0 unspecified atom stereocenters. The summed E-state index contributed by atoms with van der Waals surface area (Å²) in [5, 5.41) is 0.917. The first kappa shape index (κ1) is 15.6. The van der Waals surface area contributed by atoms with Crippen molar-refractivity contribution in [2.75, 3.05) is 6.61 Å². The predicted molar refractivity (Wildman–Crippen MR) is 101 cm³/mol. The van der Waals surface area contributed by atoms with Crippen molar-refractivity contribution in [2.24, 2.45) is 0 Å². The molecule has 4 nitrogen and oxygen atoms in total. The Morgan fingerprint density at radius 1 is 0.920 bits per heavy atom. The van der Waals surface area contributed by atoms with Crippen LogP contribution in [-0.2, 0) is 0 Å². The Morgan fingerprint density at radius 3 is 2.44 bits per heavy atom. The fourth-order valence-electron chi connectivity index (χ4n) is 2.54. The minimum atomic E-state index is 0.563. The summed E-state index contributed by atoms with van der Waals surface area (Å²) >= 11 is 1.63. The number of ether oxygens (including phenoxy) is 2. The van der Waals surface area contributed by atoms with E-state index in [9.17, 15) is 0 Å². The lowest BCUT2D eigenvalue weighted by Crippen LogP contribution is -1.92. The van der Waals surface area contributed by atoms with Gasteiger partial charge in [-0.3, -0.25) is 0 Å². The fourth-order valence-corrected chi connectivity index (χ4v) is 3.54. The molecular weight excluding hydrogens is 332 g/mol. The Bertz CT molecular complexity index is 982. The quantitative estimate of drug-likeness (QED) is 0.474. The van der Waals surface area contributed by atoms with Crippen LogP contribution in [0.25, 0.3) is 20.7 Å². The number of rotatable bonds is 5. The van der Waals surface area contributed by atoms with Gasteiger partial charge in [0.15, 0.2) is 0 Å². The van der Waals surface area contributed by atoms with Crippen molar-refractivity contribution in [3.8, 4) is 27.8 Å². The van der Waals surface area contributed by atoms with Crippen LogP contribution < -0.4 is 9.47 Å². The van der Waals surface area contributed by atoms with Crippen molar-refractivity contribution < 1.29 is 9.47 Å². The lowest BCUT2D eigenvalue weighted by Gasteiger charge is -2.07. The molecule has 0 amide bonds. The number of thiophene rings is 1. The molecule has 0 saturated heterocycles.